The molecule has 0 aliphatic heterocycles. The molecule has 2 aromatic rings. The molecule has 1 heterocycles. The van der Waals surface area contributed by atoms with Crippen LogP contribution in [-0.2, 0) is 4.79 Å². The number of carbonyl (C=O) groups is 1. The molecule has 0 radical (unpaired) electrons. The van der Waals surface area contributed by atoms with E-state index in [1.165, 1.54) is 23.1 Å². The molecule has 1 atom stereocenters. The van der Waals surface area contributed by atoms with Crippen LogP contribution in [0.25, 0.3) is 0 Å². The summed E-state index contributed by atoms with van der Waals surface area (Å²) in [6.07, 6.45) is 3.78. The van der Waals surface area contributed by atoms with Crippen LogP contribution in [0.3, 0.4) is 0 Å². The third kappa shape index (κ3) is 3.80. The number of hydrogen-bond donors (Lipinski definition) is 1. The van der Waals surface area contributed by atoms with Crippen molar-refractivity contribution in [3.63, 3.8) is 0 Å². The number of nitrogens with zero attached hydrogens (tertiary/aromatic N) is 2. The summed E-state index contributed by atoms with van der Waals surface area (Å²) in [5.41, 5.74) is 1.92. The molecule has 4 nitrogen and oxygen atoms in total. The summed E-state index contributed by atoms with van der Waals surface area (Å²) in [5.74, 6) is 0.339. The number of thioether (sulfide) groups is 1. The van der Waals surface area contributed by atoms with Crippen LogP contribution < -0.4 is 5.32 Å². The molecule has 1 N–H and O–H groups in total. The van der Waals surface area contributed by atoms with Crippen LogP contribution >= 0.6 is 34.7 Å². The first-order valence-corrected chi connectivity index (χ1v) is 9.25. The van der Waals surface area contributed by atoms with Crippen molar-refractivity contribution in [1.29, 1.82) is 0 Å². The van der Waals surface area contributed by atoms with E-state index in [4.69, 9.17) is 11.6 Å². The van der Waals surface area contributed by atoms with E-state index in [9.17, 15) is 4.79 Å². The van der Waals surface area contributed by atoms with Crippen molar-refractivity contribution >= 4 is 51.3 Å². The predicted octanol–water partition coefficient (Wildman–Crippen LogP) is 4.85. The lowest BCUT2D eigenvalue weighted by atomic mass is 9.99. The molecule has 1 aliphatic rings. The molecule has 0 saturated heterocycles. The van der Waals surface area contributed by atoms with Gasteiger partial charge in [-0.05, 0) is 37.5 Å². The molecule has 1 saturated carbocycles. The van der Waals surface area contributed by atoms with E-state index >= 15 is 0 Å². The molecule has 1 aromatic heterocycles. The second kappa shape index (κ2) is 6.98. The SMILES string of the molecule is Cc1ccc(Nc2nnc(SC3CCCCC3=O)s2)cc1Cl. The number of benzene rings is 1. The maximum atomic E-state index is 11.9. The minimum atomic E-state index is 0.0448. The van der Waals surface area contributed by atoms with Crippen molar-refractivity contribution in [2.75, 3.05) is 5.32 Å². The maximum Gasteiger partial charge on any atom is 0.210 e. The summed E-state index contributed by atoms with van der Waals surface area (Å²) in [6, 6.07) is 5.79. The van der Waals surface area contributed by atoms with Gasteiger partial charge in [-0.3, -0.25) is 4.79 Å². The van der Waals surface area contributed by atoms with Crippen LogP contribution in [0, 0.1) is 6.92 Å². The van der Waals surface area contributed by atoms with Crippen LogP contribution in [0.2, 0.25) is 5.02 Å². The minimum Gasteiger partial charge on any atom is -0.330 e. The second-order valence-electron chi connectivity index (χ2n) is 5.28. The number of hydrogen-bond acceptors (Lipinski definition) is 6. The number of aryl methyl sites for hydroxylation is 1. The fraction of sp³-hybridized carbons (Fsp3) is 0.400. The van der Waals surface area contributed by atoms with E-state index in [0.29, 0.717) is 17.3 Å². The van der Waals surface area contributed by atoms with Crippen LogP contribution in [0.15, 0.2) is 22.5 Å². The Bertz CT molecular complexity index is 689. The summed E-state index contributed by atoms with van der Waals surface area (Å²) in [5, 5.41) is 13.0. The van der Waals surface area contributed by atoms with Gasteiger partial charge in [0.1, 0.15) is 5.78 Å². The third-order valence-electron chi connectivity index (χ3n) is 3.57. The summed E-state index contributed by atoms with van der Waals surface area (Å²) in [4.78, 5) is 11.9. The average molecular weight is 354 g/mol. The lowest BCUT2D eigenvalue weighted by Gasteiger charge is -2.17. The zero-order valence-corrected chi connectivity index (χ0v) is 14.5. The van der Waals surface area contributed by atoms with Crippen LogP contribution in [0.4, 0.5) is 10.8 Å². The van der Waals surface area contributed by atoms with Crippen molar-refractivity contribution < 1.29 is 4.79 Å². The van der Waals surface area contributed by atoms with Gasteiger partial charge in [0.15, 0.2) is 4.34 Å². The normalized spacial score (nSPS) is 18.5. The zero-order valence-electron chi connectivity index (χ0n) is 12.1. The maximum absolute atomic E-state index is 11.9. The first kappa shape index (κ1) is 15.8. The molecule has 0 amide bonds. The molecule has 7 heteroatoms. The second-order valence-corrected chi connectivity index (χ2v) is 8.12. The third-order valence-corrected chi connectivity index (χ3v) is 6.22. The monoisotopic (exact) mass is 353 g/mol. The molecule has 22 heavy (non-hydrogen) atoms. The summed E-state index contributed by atoms with van der Waals surface area (Å²) in [7, 11) is 0. The molecule has 1 fully saturated rings. The molecular weight excluding hydrogens is 338 g/mol. The minimum absolute atomic E-state index is 0.0448. The first-order valence-electron chi connectivity index (χ1n) is 7.18. The lowest BCUT2D eigenvalue weighted by Crippen LogP contribution is -2.21. The molecule has 3 rings (SSSR count). The summed E-state index contributed by atoms with van der Waals surface area (Å²) < 4.78 is 0.834. The van der Waals surface area contributed by atoms with Gasteiger partial charge >= 0.3 is 0 Å². The highest BCUT2D eigenvalue weighted by molar-refractivity contribution is 8.02. The number of carbonyl (C=O) groups excluding carboxylic acids is 1. The van der Waals surface area contributed by atoms with Crippen LogP contribution in [-0.4, -0.2) is 21.2 Å². The van der Waals surface area contributed by atoms with Gasteiger partial charge in [-0.25, -0.2) is 0 Å². The zero-order chi connectivity index (χ0) is 15.5. The number of nitrogens with one attached hydrogen (secondary N) is 1. The van der Waals surface area contributed by atoms with Crippen molar-refractivity contribution in [2.24, 2.45) is 0 Å². The Morgan fingerprint density at radius 3 is 3.00 bits per heavy atom. The lowest BCUT2D eigenvalue weighted by molar-refractivity contribution is -0.119. The predicted molar refractivity (Wildman–Crippen MR) is 92.5 cm³/mol. The first-order chi connectivity index (χ1) is 10.6. The van der Waals surface area contributed by atoms with Crippen molar-refractivity contribution in [1.82, 2.24) is 10.2 Å². The van der Waals surface area contributed by atoms with Gasteiger partial charge in [0.2, 0.25) is 5.13 Å². The van der Waals surface area contributed by atoms with E-state index in [-0.39, 0.29) is 5.25 Å². The largest absolute Gasteiger partial charge is 0.330 e. The molecule has 116 valence electrons. The number of rotatable bonds is 4. The van der Waals surface area contributed by atoms with Crippen LogP contribution in [0.1, 0.15) is 31.2 Å². The Balaban J connectivity index is 1.65. The molecule has 0 spiro atoms. The number of aromatic nitrogens is 2. The topological polar surface area (TPSA) is 54.9 Å². The Hall–Kier alpha value is -1.11. The van der Waals surface area contributed by atoms with E-state index in [2.05, 4.69) is 15.5 Å². The molecule has 1 unspecified atom stereocenters. The van der Waals surface area contributed by atoms with Gasteiger partial charge in [0, 0.05) is 17.1 Å². The highest BCUT2D eigenvalue weighted by atomic mass is 35.5. The van der Waals surface area contributed by atoms with Crippen molar-refractivity contribution in [3.05, 3.63) is 28.8 Å². The Kier molecular flexibility index (Phi) is 5.00. The Morgan fingerprint density at radius 1 is 1.36 bits per heavy atom. The van der Waals surface area contributed by atoms with Crippen molar-refractivity contribution in [2.45, 2.75) is 42.2 Å². The molecular formula is C15H16ClN3OS2. The number of ketones is 1. The number of anilines is 2. The van der Waals surface area contributed by atoms with E-state index in [1.54, 1.807) is 0 Å². The molecule has 0 bridgehead atoms. The highest BCUT2D eigenvalue weighted by Crippen LogP contribution is 2.35. The fourth-order valence-corrected chi connectivity index (χ4v) is 4.62. The van der Waals surface area contributed by atoms with Crippen LogP contribution in [0.5, 0.6) is 0 Å². The smallest absolute Gasteiger partial charge is 0.210 e. The standard InChI is InChI=1S/C15H16ClN3OS2/c1-9-6-7-10(8-11(9)16)17-14-18-19-15(22-14)21-13-5-3-2-4-12(13)20/h6-8,13H,2-5H2,1H3,(H,17,18). The number of Topliss-reactive ketones (excluding diaryl/α,β-unsaturated/α-hetero) is 1. The van der Waals surface area contributed by atoms with Gasteiger partial charge in [0.25, 0.3) is 0 Å². The fourth-order valence-electron chi connectivity index (χ4n) is 2.30. The van der Waals surface area contributed by atoms with Gasteiger partial charge in [-0.2, -0.15) is 0 Å². The highest BCUT2D eigenvalue weighted by Gasteiger charge is 2.24. The summed E-state index contributed by atoms with van der Waals surface area (Å²) >= 11 is 9.12. The van der Waals surface area contributed by atoms with Crippen molar-refractivity contribution in [3.8, 4) is 0 Å². The van der Waals surface area contributed by atoms with Gasteiger partial charge < -0.3 is 5.32 Å². The Morgan fingerprint density at radius 2 is 2.23 bits per heavy atom. The molecule has 1 aromatic carbocycles. The average Bonchev–Trinajstić information content (AvgIpc) is 2.93. The Labute approximate surface area is 142 Å². The van der Waals surface area contributed by atoms with Gasteiger partial charge in [-0.1, -0.05) is 47.2 Å². The van der Waals surface area contributed by atoms with E-state index < -0.39 is 0 Å². The van der Waals surface area contributed by atoms with Gasteiger partial charge in [-0.15, -0.1) is 10.2 Å². The summed E-state index contributed by atoms with van der Waals surface area (Å²) in [6.45, 7) is 1.97. The van der Waals surface area contributed by atoms with Gasteiger partial charge in [0.05, 0.1) is 5.25 Å². The quantitative estimate of drug-likeness (QED) is 0.851. The molecule has 1 aliphatic carbocycles. The number of halogens is 1. The van der Waals surface area contributed by atoms with E-state index in [0.717, 1.165) is 39.9 Å². The van der Waals surface area contributed by atoms with E-state index in [1.807, 2.05) is 25.1 Å².